The fourth-order valence-electron chi connectivity index (χ4n) is 3.35. The van der Waals surface area contributed by atoms with E-state index in [-0.39, 0.29) is 0 Å². The normalized spacial score (nSPS) is 18.1. The maximum Gasteiger partial charge on any atom is 0.231 e. The molecule has 4 heteroatoms. The Morgan fingerprint density at radius 2 is 2.00 bits per heavy atom. The van der Waals surface area contributed by atoms with Gasteiger partial charge in [0, 0.05) is 18.7 Å². The molecule has 1 fully saturated rings. The average Bonchev–Trinajstić information content (AvgIpc) is 3.25. The van der Waals surface area contributed by atoms with Crippen LogP contribution in [0.3, 0.4) is 0 Å². The Bertz CT molecular complexity index is 813. The van der Waals surface area contributed by atoms with Gasteiger partial charge in [-0.25, -0.2) is 0 Å². The first-order valence-electron chi connectivity index (χ1n) is 8.45. The van der Waals surface area contributed by atoms with Gasteiger partial charge in [0.05, 0.1) is 5.92 Å². The molecule has 0 aliphatic carbocycles. The first-order valence-corrected chi connectivity index (χ1v) is 8.45. The van der Waals surface area contributed by atoms with Crippen LogP contribution in [0.1, 0.15) is 29.4 Å². The van der Waals surface area contributed by atoms with Crippen LogP contribution in [0, 0.1) is 6.92 Å². The molecule has 0 radical (unpaired) electrons. The van der Waals surface area contributed by atoms with Gasteiger partial charge in [-0.2, -0.15) is 4.98 Å². The molecule has 2 aromatic carbocycles. The summed E-state index contributed by atoms with van der Waals surface area (Å²) >= 11 is 0. The van der Waals surface area contributed by atoms with Crippen molar-refractivity contribution in [3.05, 3.63) is 71.6 Å². The number of nitrogens with zero attached hydrogens (tertiary/aromatic N) is 3. The van der Waals surface area contributed by atoms with E-state index in [1.54, 1.807) is 0 Å². The van der Waals surface area contributed by atoms with Crippen molar-refractivity contribution in [2.45, 2.75) is 25.8 Å². The highest BCUT2D eigenvalue weighted by Gasteiger charge is 2.28. The van der Waals surface area contributed by atoms with Crippen molar-refractivity contribution in [3.63, 3.8) is 0 Å². The average molecular weight is 319 g/mol. The van der Waals surface area contributed by atoms with Gasteiger partial charge in [0.25, 0.3) is 0 Å². The zero-order chi connectivity index (χ0) is 16.4. The molecule has 1 saturated heterocycles. The van der Waals surface area contributed by atoms with Crippen LogP contribution in [0.4, 0.5) is 0 Å². The standard InChI is InChI=1S/C20H21N3O/c1-15-6-5-7-16(12-15)13-23-11-10-18(14-23)20-21-19(22-24-20)17-8-3-2-4-9-17/h2-9,12,18H,10-11,13-14H2,1H3/t18-/m0/s1. The van der Waals surface area contributed by atoms with E-state index in [4.69, 9.17) is 4.52 Å². The highest BCUT2D eigenvalue weighted by Crippen LogP contribution is 2.28. The Morgan fingerprint density at radius 1 is 1.12 bits per heavy atom. The van der Waals surface area contributed by atoms with E-state index in [1.807, 2.05) is 30.3 Å². The lowest BCUT2D eigenvalue weighted by Gasteiger charge is -2.15. The number of benzene rings is 2. The molecule has 0 bridgehead atoms. The first kappa shape index (κ1) is 15.1. The summed E-state index contributed by atoms with van der Waals surface area (Å²) in [5.74, 6) is 1.78. The summed E-state index contributed by atoms with van der Waals surface area (Å²) in [5, 5.41) is 4.15. The van der Waals surface area contributed by atoms with Crippen molar-refractivity contribution in [1.29, 1.82) is 0 Å². The zero-order valence-corrected chi connectivity index (χ0v) is 13.9. The highest BCUT2D eigenvalue weighted by molar-refractivity contribution is 5.53. The lowest BCUT2D eigenvalue weighted by Crippen LogP contribution is -2.19. The van der Waals surface area contributed by atoms with E-state index in [9.17, 15) is 0 Å². The van der Waals surface area contributed by atoms with Crippen LogP contribution in [-0.4, -0.2) is 28.1 Å². The van der Waals surface area contributed by atoms with Crippen molar-refractivity contribution in [3.8, 4) is 11.4 Å². The minimum Gasteiger partial charge on any atom is -0.339 e. The molecule has 4 rings (SSSR count). The second-order valence-electron chi connectivity index (χ2n) is 6.53. The van der Waals surface area contributed by atoms with Gasteiger partial charge in [0.2, 0.25) is 11.7 Å². The quantitative estimate of drug-likeness (QED) is 0.728. The van der Waals surface area contributed by atoms with E-state index in [2.05, 4.69) is 46.2 Å². The number of hydrogen-bond donors (Lipinski definition) is 0. The fraction of sp³-hybridized carbons (Fsp3) is 0.300. The maximum atomic E-state index is 5.53. The zero-order valence-electron chi connectivity index (χ0n) is 13.9. The first-order chi connectivity index (χ1) is 11.8. The van der Waals surface area contributed by atoms with Crippen molar-refractivity contribution >= 4 is 0 Å². The summed E-state index contributed by atoms with van der Waals surface area (Å²) in [5.41, 5.74) is 3.68. The molecule has 0 spiro atoms. The monoisotopic (exact) mass is 319 g/mol. The molecule has 0 unspecified atom stereocenters. The van der Waals surface area contributed by atoms with Crippen LogP contribution in [-0.2, 0) is 6.54 Å². The summed E-state index contributed by atoms with van der Waals surface area (Å²) in [6.07, 6.45) is 1.07. The molecule has 3 aromatic rings. The summed E-state index contributed by atoms with van der Waals surface area (Å²) in [6.45, 7) is 5.17. The molecule has 2 heterocycles. The fourth-order valence-corrected chi connectivity index (χ4v) is 3.35. The van der Waals surface area contributed by atoms with Gasteiger partial charge in [0.1, 0.15) is 0 Å². The van der Waals surface area contributed by atoms with Crippen molar-refractivity contribution in [2.24, 2.45) is 0 Å². The van der Waals surface area contributed by atoms with Gasteiger partial charge < -0.3 is 4.52 Å². The minimum atomic E-state index is 0.333. The SMILES string of the molecule is Cc1cccc(CN2CC[C@H](c3nc(-c4ccccc4)no3)C2)c1. The van der Waals surface area contributed by atoms with Crippen molar-refractivity contribution in [2.75, 3.05) is 13.1 Å². The minimum absolute atomic E-state index is 0.333. The van der Waals surface area contributed by atoms with Gasteiger partial charge in [-0.15, -0.1) is 0 Å². The summed E-state index contributed by atoms with van der Waals surface area (Å²) in [7, 11) is 0. The Labute approximate surface area is 142 Å². The van der Waals surface area contributed by atoms with Crippen molar-refractivity contribution < 1.29 is 4.52 Å². The molecular weight excluding hydrogens is 298 g/mol. The Balaban J connectivity index is 1.43. The van der Waals surface area contributed by atoms with Crippen LogP contribution >= 0.6 is 0 Å². The Morgan fingerprint density at radius 3 is 2.83 bits per heavy atom. The number of hydrogen-bond acceptors (Lipinski definition) is 4. The largest absolute Gasteiger partial charge is 0.339 e. The third-order valence-corrected chi connectivity index (χ3v) is 4.58. The summed E-state index contributed by atoms with van der Waals surface area (Å²) < 4.78 is 5.53. The summed E-state index contributed by atoms with van der Waals surface area (Å²) in [6, 6.07) is 18.7. The molecule has 4 nitrogen and oxygen atoms in total. The summed E-state index contributed by atoms with van der Waals surface area (Å²) in [4.78, 5) is 7.08. The van der Waals surface area contributed by atoms with Gasteiger partial charge in [0.15, 0.2) is 0 Å². The van der Waals surface area contributed by atoms with E-state index in [0.29, 0.717) is 11.7 Å². The van der Waals surface area contributed by atoms with E-state index < -0.39 is 0 Å². The molecule has 0 N–H and O–H groups in total. The third kappa shape index (κ3) is 3.24. The molecule has 1 aromatic heterocycles. The van der Waals surface area contributed by atoms with Crippen LogP contribution in [0.2, 0.25) is 0 Å². The van der Waals surface area contributed by atoms with Crippen molar-refractivity contribution in [1.82, 2.24) is 15.0 Å². The molecular formula is C20H21N3O. The predicted octanol–water partition coefficient (Wildman–Crippen LogP) is 4.03. The van der Waals surface area contributed by atoms with Gasteiger partial charge in [-0.05, 0) is 25.5 Å². The van der Waals surface area contributed by atoms with Crippen LogP contribution in [0.15, 0.2) is 59.1 Å². The highest BCUT2D eigenvalue weighted by atomic mass is 16.5. The van der Waals surface area contributed by atoms with Gasteiger partial charge >= 0.3 is 0 Å². The number of rotatable bonds is 4. The smallest absolute Gasteiger partial charge is 0.231 e. The lowest BCUT2D eigenvalue weighted by atomic mass is 10.1. The molecule has 24 heavy (non-hydrogen) atoms. The molecule has 1 aliphatic rings. The predicted molar refractivity (Wildman–Crippen MR) is 93.5 cm³/mol. The molecule has 0 saturated carbocycles. The number of likely N-dealkylation sites (tertiary alicyclic amines) is 1. The second kappa shape index (κ2) is 6.57. The lowest BCUT2D eigenvalue weighted by molar-refractivity contribution is 0.309. The van der Waals surface area contributed by atoms with E-state index in [1.165, 1.54) is 11.1 Å². The topological polar surface area (TPSA) is 42.2 Å². The number of aromatic nitrogens is 2. The van der Waals surface area contributed by atoms with Crippen LogP contribution < -0.4 is 0 Å². The molecule has 122 valence electrons. The van der Waals surface area contributed by atoms with E-state index in [0.717, 1.165) is 37.5 Å². The maximum absolute atomic E-state index is 5.53. The van der Waals surface area contributed by atoms with Gasteiger partial charge in [-0.3, -0.25) is 4.90 Å². The molecule has 1 aliphatic heterocycles. The Hall–Kier alpha value is -2.46. The van der Waals surface area contributed by atoms with Crippen LogP contribution in [0.25, 0.3) is 11.4 Å². The number of aryl methyl sites for hydroxylation is 1. The molecule has 1 atom stereocenters. The molecule has 0 amide bonds. The second-order valence-corrected chi connectivity index (χ2v) is 6.53. The van der Waals surface area contributed by atoms with Gasteiger partial charge in [-0.1, -0.05) is 65.3 Å². The Kier molecular flexibility index (Phi) is 4.13. The third-order valence-electron chi connectivity index (χ3n) is 4.58. The van der Waals surface area contributed by atoms with Crippen LogP contribution in [0.5, 0.6) is 0 Å². The van der Waals surface area contributed by atoms with E-state index >= 15 is 0 Å².